The molecule has 0 aliphatic carbocycles. The molecule has 0 bridgehead atoms. The monoisotopic (exact) mass is 414 g/mol. The van der Waals surface area contributed by atoms with E-state index in [-0.39, 0.29) is 4.90 Å². The van der Waals surface area contributed by atoms with Crippen LogP contribution in [0.15, 0.2) is 53.4 Å². The highest BCUT2D eigenvalue weighted by atomic mass is 32.2. The molecular formula is C19H18N4O5S. The van der Waals surface area contributed by atoms with E-state index in [2.05, 4.69) is 15.4 Å². The Morgan fingerprint density at radius 1 is 1.07 bits per heavy atom. The number of carbonyl (C=O) groups is 2. The first kappa shape index (κ1) is 20.3. The Morgan fingerprint density at radius 3 is 2.10 bits per heavy atom. The van der Waals surface area contributed by atoms with Crippen molar-refractivity contribution in [1.29, 1.82) is 5.26 Å². The number of rotatable bonds is 6. The first-order chi connectivity index (χ1) is 13.6. The van der Waals surface area contributed by atoms with Crippen LogP contribution < -0.4 is 20.1 Å². The van der Waals surface area contributed by atoms with E-state index in [0.717, 1.165) is 0 Å². The van der Waals surface area contributed by atoms with Gasteiger partial charge in [0.2, 0.25) is 10.0 Å². The minimum atomic E-state index is -3.95. The van der Waals surface area contributed by atoms with E-state index >= 15 is 0 Å². The minimum Gasteiger partial charge on any atom is -0.457 e. The van der Waals surface area contributed by atoms with Crippen molar-refractivity contribution in [2.24, 2.45) is 0 Å². The first-order valence-corrected chi connectivity index (χ1v) is 10.1. The molecule has 1 heterocycles. The van der Waals surface area contributed by atoms with Crippen molar-refractivity contribution >= 4 is 22.0 Å². The van der Waals surface area contributed by atoms with Crippen LogP contribution in [0.1, 0.15) is 19.4 Å². The van der Waals surface area contributed by atoms with E-state index in [1.54, 1.807) is 24.3 Å². The van der Waals surface area contributed by atoms with Crippen LogP contribution in [0.25, 0.3) is 0 Å². The van der Waals surface area contributed by atoms with Crippen molar-refractivity contribution in [3.8, 4) is 17.6 Å². The van der Waals surface area contributed by atoms with Crippen LogP contribution in [0.3, 0.4) is 0 Å². The fraction of sp³-hybridized carbons (Fsp3) is 0.211. The molecule has 0 spiro atoms. The van der Waals surface area contributed by atoms with Crippen molar-refractivity contribution in [3.05, 3.63) is 54.1 Å². The van der Waals surface area contributed by atoms with Crippen molar-refractivity contribution < 1.29 is 22.7 Å². The van der Waals surface area contributed by atoms with E-state index < -0.39 is 33.5 Å². The standard InChI is InChI=1S/C19H18N4O5S/c1-12(19(2)17(24)21-18(25)22-19)23-29(26,27)16-9-7-15(8-10-16)28-14-5-3-13(11-20)4-6-14/h3-10,12,23H,1-2H3,(H2,21,22,24,25)/t12-,19+/m1/s1. The van der Waals surface area contributed by atoms with Crippen molar-refractivity contribution in [2.45, 2.75) is 30.3 Å². The number of hydrogen-bond acceptors (Lipinski definition) is 6. The zero-order valence-corrected chi connectivity index (χ0v) is 16.4. The lowest BCUT2D eigenvalue weighted by atomic mass is 9.95. The first-order valence-electron chi connectivity index (χ1n) is 8.58. The van der Waals surface area contributed by atoms with Crippen LogP contribution in [0, 0.1) is 11.3 Å². The highest BCUT2D eigenvalue weighted by molar-refractivity contribution is 7.89. The Bertz CT molecular complexity index is 1090. The van der Waals surface area contributed by atoms with E-state index in [4.69, 9.17) is 10.00 Å². The van der Waals surface area contributed by atoms with Gasteiger partial charge in [0.1, 0.15) is 17.0 Å². The second kappa shape index (κ2) is 7.54. The molecule has 0 aromatic heterocycles. The molecule has 2 aromatic rings. The van der Waals surface area contributed by atoms with Crippen LogP contribution in [-0.4, -0.2) is 31.9 Å². The number of amides is 3. The molecule has 2 aromatic carbocycles. The number of carbonyl (C=O) groups excluding carboxylic acids is 2. The lowest BCUT2D eigenvalue weighted by Crippen LogP contribution is -2.59. The second-order valence-corrected chi connectivity index (χ2v) is 8.38. The van der Waals surface area contributed by atoms with Crippen molar-refractivity contribution in [1.82, 2.24) is 15.4 Å². The molecular weight excluding hydrogens is 396 g/mol. The summed E-state index contributed by atoms with van der Waals surface area (Å²) in [6, 6.07) is 12.6. The SMILES string of the molecule is C[C@@H](NS(=O)(=O)c1ccc(Oc2ccc(C#N)cc2)cc1)[C@]1(C)NC(=O)NC1=O. The average Bonchev–Trinajstić information content (AvgIpc) is 2.95. The highest BCUT2D eigenvalue weighted by Crippen LogP contribution is 2.24. The molecule has 1 fully saturated rings. The number of ether oxygens (including phenoxy) is 1. The quantitative estimate of drug-likeness (QED) is 0.614. The fourth-order valence-electron chi connectivity index (χ4n) is 2.70. The van der Waals surface area contributed by atoms with Crippen LogP contribution in [-0.2, 0) is 14.8 Å². The van der Waals surface area contributed by atoms with E-state index in [0.29, 0.717) is 17.1 Å². The maximum absolute atomic E-state index is 12.6. The van der Waals surface area contributed by atoms with Gasteiger partial charge in [-0.2, -0.15) is 5.26 Å². The largest absolute Gasteiger partial charge is 0.457 e. The molecule has 3 rings (SSSR count). The number of urea groups is 1. The molecule has 2 atom stereocenters. The van der Waals surface area contributed by atoms with Gasteiger partial charge in [0, 0.05) is 0 Å². The molecule has 1 saturated heterocycles. The highest BCUT2D eigenvalue weighted by Gasteiger charge is 2.47. The molecule has 1 aliphatic rings. The van der Waals surface area contributed by atoms with Gasteiger partial charge in [-0.15, -0.1) is 0 Å². The summed E-state index contributed by atoms with van der Waals surface area (Å²) in [6.45, 7) is 2.93. The summed E-state index contributed by atoms with van der Waals surface area (Å²) in [4.78, 5) is 23.3. The van der Waals surface area contributed by atoms with Gasteiger partial charge in [-0.25, -0.2) is 17.9 Å². The van der Waals surface area contributed by atoms with Gasteiger partial charge in [-0.3, -0.25) is 10.1 Å². The zero-order chi connectivity index (χ0) is 21.2. The molecule has 3 N–H and O–H groups in total. The molecule has 9 nitrogen and oxygen atoms in total. The van der Waals surface area contributed by atoms with Crippen LogP contribution in [0.4, 0.5) is 4.79 Å². The van der Waals surface area contributed by atoms with Gasteiger partial charge < -0.3 is 10.1 Å². The van der Waals surface area contributed by atoms with Gasteiger partial charge >= 0.3 is 6.03 Å². The maximum Gasteiger partial charge on any atom is 0.322 e. The summed E-state index contributed by atoms with van der Waals surface area (Å²) in [7, 11) is -3.95. The summed E-state index contributed by atoms with van der Waals surface area (Å²) in [5.41, 5.74) is -0.900. The van der Waals surface area contributed by atoms with Crippen molar-refractivity contribution in [2.75, 3.05) is 0 Å². The normalized spacial score (nSPS) is 19.8. The Hall–Kier alpha value is -3.42. The van der Waals surface area contributed by atoms with E-state index in [1.807, 2.05) is 6.07 Å². The minimum absolute atomic E-state index is 0.0233. The Balaban J connectivity index is 1.71. The van der Waals surface area contributed by atoms with Crippen LogP contribution >= 0.6 is 0 Å². The van der Waals surface area contributed by atoms with Crippen LogP contribution in [0.5, 0.6) is 11.5 Å². The number of sulfonamides is 1. The maximum atomic E-state index is 12.6. The summed E-state index contributed by atoms with van der Waals surface area (Å²) in [5.74, 6) is 0.308. The molecule has 0 radical (unpaired) electrons. The molecule has 0 unspecified atom stereocenters. The van der Waals surface area contributed by atoms with Gasteiger partial charge in [-0.1, -0.05) is 0 Å². The third-order valence-corrected chi connectivity index (χ3v) is 6.18. The van der Waals surface area contributed by atoms with E-state index in [9.17, 15) is 18.0 Å². The lowest BCUT2D eigenvalue weighted by Gasteiger charge is -2.28. The molecule has 3 amide bonds. The number of imide groups is 1. The Labute approximate surface area is 167 Å². The predicted molar refractivity (Wildman–Crippen MR) is 103 cm³/mol. The number of nitrogens with zero attached hydrogens (tertiary/aromatic N) is 1. The number of nitrogens with one attached hydrogen (secondary N) is 3. The van der Waals surface area contributed by atoms with E-state index in [1.165, 1.54) is 38.1 Å². The van der Waals surface area contributed by atoms with Crippen molar-refractivity contribution in [3.63, 3.8) is 0 Å². The third-order valence-electron chi connectivity index (χ3n) is 4.62. The summed E-state index contributed by atoms with van der Waals surface area (Å²) in [5, 5.41) is 13.3. The molecule has 0 saturated carbocycles. The molecule has 10 heteroatoms. The van der Waals surface area contributed by atoms with Gasteiger partial charge in [0.15, 0.2) is 0 Å². The predicted octanol–water partition coefficient (Wildman–Crippen LogP) is 1.62. The Kier molecular flexibility index (Phi) is 5.28. The fourth-order valence-corrected chi connectivity index (χ4v) is 4.03. The second-order valence-electron chi connectivity index (χ2n) is 6.66. The average molecular weight is 414 g/mol. The molecule has 150 valence electrons. The number of nitriles is 1. The van der Waals surface area contributed by atoms with Gasteiger partial charge in [0.05, 0.1) is 22.6 Å². The summed E-state index contributed by atoms with van der Waals surface area (Å²) in [6.07, 6.45) is 0. The smallest absolute Gasteiger partial charge is 0.322 e. The number of hydrogen-bond donors (Lipinski definition) is 3. The summed E-state index contributed by atoms with van der Waals surface area (Å²) >= 11 is 0. The summed E-state index contributed by atoms with van der Waals surface area (Å²) < 4.78 is 33.3. The molecule has 29 heavy (non-hydrogen) atoms. The third kappa shape index (κ3) is 4.21. The van der Waals surface area contributed by atoms with Gasteiger partial charge in [0.25, 0.3) is 5.91 Å². The topological polar surface area (TPSA) is 137 Å². The van der Waals surface area contributed by atoms with Gasteiger partial charge in [-0.05, 0) is 62.4 Å². The van der Waals surface area contributed by atoms with Crippen LogP contribution in [0.2, 0.25) is 0 Å². The number of benzene rings is 2. The lowest BCUT2D eigenvalue weighted by molar-refractivity contribution is -0.124. The molecule has 1 aliphatic heterocycles. The zero-order valence-electron chi connectivity index (χ0n) is 15.6. The Morgan fingerprint density at radius 2 is 1.62 bits per heavy atom.